The number of hydrogen-bond donors (Lipinski definition) is 3. The molecule has 0 spiro atoms. The van der Waals surface area contributed by atoms with Gasteiger partial charge in [0.25, 0.3) is 0 Å². The second kappa shape index (κ2) is 1.77. The van der Waals surface area contributed by atoms with Crippen LogP contribution in [0.15, 0.2) is 0 Å². The minimum absolute atomic E-state index is 1.22. The highest BCUT2D eigenvalue weighted by Crippen LogP contribution is 1.83. The largest absolute Gasteiger partial charge is 0.301 e. The topological polar surface area (TPSA) is 86.2 Å². The molecule has 0 heterocycles. The Morgan fingerprint density at radius 2 is 1.57 bits per heavy atom. The summed E-state index contributed by atoms with van der Waals surface area (Å²) in [6, 6.07) is 0. The molecular weight excluding hydrogens is 116 g/mol. The molecule has 0 rings (SSSR count). The van der Waals surface area contributed by atoms with Crippen LogP contribution in [0.4, 0.5) is 0 Å². The van der Waals surface area contributed by atoms with E-state index in [2.05, 4.69) is 0 Å². The lowest BCUT2D eigenvalue weighted by Crippen LogP contribution is -2.47. The Kier molecular flexibility index (Phi) is 1.74. The van der Waals surface area contributed by atoms with E-state index >= 15 is 0 Å². The zero-order valence-corrected chi connectivity index (χ0v) is 4.81. The van der Waals surface area contributed by atoms with Crippen molar-refractivity contribution in [2.45, 2.75) is 11.9 Å². The predicted molar refractivity (Wildman–Crippen MR) is 27.1 cm³/mol. The Labute approximate surface area is 43.4 Å². The van der Waals surface area contributed by atoms with Crippen molar-refractivity contribution in [3.8, 4) is 0 Å². The minimum Gasteiger partial charge on any atom is -0.301 e. The summed E-state index contributed by atoms with van der Waals surface area (Å²) in [6.07, 6.45) is 0. The van der Waals surface area contributed by atoms with Gasteiger partial charge >= 0.3 is 0 Å². The molecule has 4 N–H and O–H groups in total. The third-order valence-corrected chi connectivity index (χ3v) is 1.18. The molecule has 0 saturated heterocycles. The smallest absolute Gasteiger partial charge is 0.171 e. The van der Waals surface area contributed by atoms with E-state index < -0.39 is 15.7 Å². The summed E-state index contributed by atoms with van der Waals surface area (Å²) in [4.78, 5) is -1.55. The van der Waals surface area contributed by atoms with Crippen LogP contribution in [0.2, 0.25) is 0 Å². The zero-order valence-electron chi connectivity index (χ0n) is 3.92. The molecule has 0 aromatic heterocycles. The third-order valence-electron chi connectivity index (χ3n) is 0.393. The van der Waals surface area contributed by atoms with Crippen molar-refractivity contribution in [3.63, 3.8) is 0 Å². The maximum atomic E-state index is 9.81. The molecule has 0 aromatic carbocycles. The van der Waals surface area contributed by atoms with Crippen molar-refractivity contribution in [2.75, 3.05) is 0 Å². The van der Waals surface area contributed by atoms with E-state index in [1.165, 1.54) is 6.92 Å². The fourth-order valence-electron chi connectivity index (χ4n) is 0. The quantitative estimate of drug-likeness (QED) is 0.284. The molecule has 0 aliphatic carbocycles. The van der Waals surface area contributed by atoms with Crippen LogP contribution in [0.5, 0.6) is 0 Å². The molecule has 5 heteroatoms. The third kappa shape index (κ3) is 2.55. The van der Waals surface area contributed by atoms with Crippen molar-refractivity contribution >= 4 is 10.7 Å². The van der Waals surface area contributed by atoms with E-state index in [-0.39, 0.29) is 0 Å². The Bertz CT molecular complexity index is 114. The van der Waals surface area contributed by atoms with E-state index in [0.29, 0.717) is 0 Å². The number of rotatable bonds is 1. The maximum absolute atomic E-state index is 9.81. The molecular formula is C2H8N2O2S. The van der Waals surface area contributed by atoms with Gasteiger partial charge < -0.3 is 11.5 Å². The SMILES string of the molecule is CC(N)(N)[SH](=O)=O. The average Bonchev–Trinajstić information content (AvgIpc) is 1.31. The molecule has 0 aliphatic heterocycles. The molecule has 0 bridgehead atoms. The molecule has 0 unspecified atom stereocenters. The fraction of sp³-hybridized carbons (Fsp3) is 1.00. The first-order chi connectivity index (χ1) is 2.94. The predicted octanol–water partition coefficient (Wildman–Crippen LogP) is -1.81. The van der Waals surface area contributed by atoms with Crippen LogP contribution in [-0.4, -0.2) is 13.4 Å². The van der Waals surface area contributed by atoms with Crippen molar-refractivity contribution < 1.29 is 8.42 Å². The van der Waals surface area contributed by atoms with Crippen molar-refractivity contribution in [3.05, 3.63) is 0 Å². The molecule has 0 aromatic rings. The lowest BCUT2D eigenvalue weighted by Gasteiger charge is -2.06. The Hall–Kier alpha value is -0.130. The first kappa shape index (κ1) is 6.87. The van der Waals surface area contributed by atoms with E-state index in [1.54, 1.807) is 0 Å². The van der Waals surface area contributed by atoms with Gasteiger partial charge in [0.05, 0.1) is 0 Å². The highest BCUT2D eigenvalue weighted by Gasteiger charge is 2.12. The van der Waals surface area contributed by atoms with Gasteiger partial charge in [-0.05, 0) is 6.92 Å². The molecule has 0 fully saturated rings. The van der Waals surface area contributed by atoms with Crippen LogP contribution < -0.4 is 11.5 Å². The standard InChI is InChI=1S/C2H8N2O2S/c1-2(3,4)7(5)6/h7H,3-4H2,1H3. The second-order valence-electron chi connectivity index (χ2n) is 1.48. The molecule has 0 atom stereocenters. The van der Waals surface area contributed by atoms with Crippen molar-refractivity contribution in [2.24, 2.45) is 11.5 Å². The number of nitrogens with two attached hydrogens (primary N) is 2. The van der Waals surface area contributed by atoms with Crippen LogP contribution in [0.1, 0.15) is 6.92 Å². The molecule has 44 valence electrons. The molecule has 0 radical (unpaired) electrons. The normalized spacial score (nSPS) is 12.6. The molecule has 0 saturated carbocycles. The van der Waals surface area contributed by atoms with Crippen molar-refractivity contribution in [1.82, 2.24) is 0 Å². The minimum atomic E-state index is -2.69. The van der Waals surface area contributed by atoms with Crippen LogP contribution in [0, 0.1) is 0 Å². The summed E-state index contributed by atoms with van der Waals surface area (Å²) < 4.78 is 19.6. The monoisotopic (exact) mass is 124 g/mol. The number of hydrogen-bond acceptors (Lipinski definition) is 4. The first-order valence-corrected chi connectivity index (χ1v) is 2.84. The Balaban J connectivity index is 4.08. The van der Waals surface area contributed by atoms with Crippen LogP contribution in [-0.2, 0) is 10.7 Å². The summed E-state index contributed by atoms with van der Waals surface area (Å²) in [5, 5.41) is 0. The Morgan fingerprint density at radius 1 is 1.43 bits per heavy atom. The molecule has 7 heavy (non-hydrogen) atoms. The highest BCUT2D eigenvalue weighted by molar-refractivity contribution is 7.73. The van der Waals surface area contributed by atoms with E-state index in [1.807, 2.05) is 0 Å². The van der Waals surface area contributed by atoms with Gasteiger partial charge in [-0.1, -0.05) is 0 Å². The van der Waals surface area contributed by atoms with Crippen LogP contribution in [0.25, 0.3) is 0 Å². The van der Waals surface area contributed by atoms with Crippen LogP contribution in [0.3, 0.4) is 0 Å². The summed E-state index contributed by atoms with van der Waals surface area (Å²) >= 11 is 0. The second-order valence-corrected chi connectivity index (χ2v) is 2.96. The first-order valence-electron chi connectivity index (χ1n) is 1.67. The molecule has 4 nitrogen and oxygen atoms in total. The number of thiol groups is 1. The fourth-order valence-corrected chi connectivity index (χ4v) is 0. The maximum Gasteiger partial charge on any atom is 0.171 e. The van der Waals surface area contributed by atoms with E-state index in [4.69, 9.17) is 11.5 Å². The average molecular weight is 124 g/mol. The van der Waals surface area contributed by atoms with Gasteiger partial charge in [-0.3, -0.25) is 0 Å². The van der Waals surface area contributed by atoms with E-state index in [9.17, 15) is 8.42 Å². The highest BCUT2D eigenvalue weighted by atomic mass is 32.2. The Morgan fingerprint density at radius 3 is 1.57 bits per heavy atom. The summed E-state index contributed by atoms with van der Waals surface area (Å²) in [6.45, 7) is 1.22. The van der Waals surface area contributed by atoms with Gasteiger partial charge in [0, 0.05) is 0 Å². The van der Waals surface area contributed by atoms with Gasteiger partial charge in [0.15, 0.2) is 15.7 Å². The summed E-state index contributed by atoms with van der Waals surface area (Å²) in [5.41, 5.74) is 9.72. The lowest BCUT2D eigenvalue weighted by molar-refractivity contribution is 0.565. The van der Waals surface area contributed by atoms with Gasteiger partial charge in [0.2, 0.25) is 0 Å². The van der Waals surface area contributed by atoms with Crippen LogP contribution >= 0.6 is 0 Å². The summed E-state index contributed by atoms with van der Waals surface area (Å²) in [5.74, 6) is 0. The molecule has 0 amide bonds. The van der Waals surface area contributed by atoms with Gasteiger partial charge in [-0.25, -0.2) is 8.42 Å². The van der Waals surface area contributed by atoms with E-state index in [0.717, 1.165) is 0 Å². The van der Waals surface area contributed by atoms with Crippen molar-refractivity contribution in [1.29, 1.82) is 0 Å². The molecule has 0 aliphatic rings. The van der Waals surface area contributed by atoms with Gasteiger partial charge in [-0.2, -0.15) is 0 Å². The lowest BCUT2D eigenvalue weighted by atomic mass is 10.6. The van der Waals surface area contributed by atoms with Gasteiger partial charge in [0.1, 0.15) is 0 Å². The zero-order chi connectivity index (χ0) is 6.08. The summed E-state index contributed by atoms with van der Waals surface area (Å²) in [7, 11) is -2.69. The van der Waals surface area contributed by atoms with Gasteiger partial charge in [-0.15, -0.1) is 0 Å².